The van der Waals surface area contributed by atoms with Crippen molar-refractivity contribution in [1.82, 2.24) is 0 Å². The Morgan fingerprint density at radius 3 is 2.48 bits per heavy atom. The average molecular weight is 380 g/mol. The fraction of sp³-hybridized carbons (Fsp3) is 0.368. The van der Waals surface area contributed by atoms with Gasteiger partial charge in [0.1, 0.15) is 0 Å². The second-order valence-electron chi connectivity index (χ2n) is 6.56. The van der Waals surface area contributed by atoms with Crippen molar-refractivity contribution >= 4 is 21.4 Å². The SMILES string of the molecule is CCOC[C@]1(N)[C@H](c2cccc(Cl)c2)[C@@H]1S(=O)(=O)c1ccc(C)cc1. The molecule has 6 heteroatoms. The molecule has 0 saturated heterocycles. The molecular weight excluding hydrogens is 358 g/mol. The average Bonchev–Trinajstić information content (AvgIpc) is 3.20. The highest BCUT2D eigenvalue weighted by atomic mass is 35.5. The van der Waals surface area contributed by atoms with Crippen LogP contribution in [0.3, 0.4) is 0 Å². The number of benzene rings is 2. The summed E-state index contributed by atoms with van der Waals surface area (Å²) in [7, 11) is -3.58. The van der Waals surface area contributed by atoms with E-state index in [0.29, 0.717) is 16.5 Å². The summed E-state index contributed by atoms with van der Waals surface area (Å²) in [5, 5.41) is -0.164. The molecule has 134 valence electrons. The molecule has 1 saturated carbocycles. The minimum absolute atomic E-state index is 0.191. The number of hydrogen-bond acceptors (Lipinski definition) is 4. The third-order valence-corrected chi connectivity index (χ3v) is 7.29. The summed E-state index contributed by atoms with van der Waals surface area (Å²) in [5.41, 5.74) is 7.39. The van der Waals surface area contributed by atoms with Crippen LogP contribution >= 0.6 is 11.6 Å². The first kappa shape index (κ1) is 18.4. The van der Waals surface area contributed by atoms with Crippen LogP contribution in [0.5, 0.6) is 0 Å². The Hall–Kier alpha value is -1.40. The van der Waals surface area contributed by atoms with Crippen molar-refractivity contribution in [3.8, 4) is 0 Å². The largest absolute Gasteiger partial charge is 0.380 e. The molecule has 0 amide bonds. The number of ether oxygens (including phenoxy) is 1. The highest BCUT2D eigenvalue weighted by Gasteiger charge is 2.69. The third-order valence-electron chi connectivity index (χ3n) is 4.75. The topological polar surface area (TPSA) is 69.4 Å². The van der Waals surface area contributed by atoms with E-state index in [4.69, 9.17) is 22.1 Å². The Kier molecular flexibility index (Phi) is 4.95. The molecule has 0 aromatic heterocycles. The molecule has 0 aliphatic heterocycles. The highest BCUT2D eigenvalue weighted by molar-refractivity contribution is 7.92. The van der Waals surface area contributed by atoms with Gasteiger partial charge in [-0.2, -0.15) is 0 Å². The second kappa shape index (κ2) is 6.72. The smallest absolute Gasteiger partial charge is 0.183 e. The quantitative estimate of drug-likeness (QED) is 0.835. The van der Waals surface area contributed by atoms with Crippen molar-refractivity contribution < 1.29 is 13.2 Å². The molecule has 2 aromatic carbocycles. The van der Waals surface area contributed by atoms with Gasteiger partial charge < -0.3 is 10.5 Å². The molecule has 25 heavy (non-hydrogen) atoms. The number of halogens is 1. The second-order valence-corrected chi connectivity index (χ2v) is 9.07. The molecule has 2 N–H and O–H groups in total. The lowest BCUT2D eigenvalue weighted by molar-refractivity contribution is 0.125. The molecule has 0 spiro atoms. The van der Waals surface area contributed by atoms with E-state index in [-0.39, 0.29) is 12.5 Å². The van der Waals surface area contributed by atoms with E-state index >= 15 is 0 Å². The maximum Gasteiger partial charge on any atom is 0.183 e. The third kappa shape index (κ3) is 3.34. The molecule has 0 bridgehead atoms. The first-order chi connectivity index (χ1) is 11.8. The minimum Gasteiger partial charge on any atom is -0.380 e. The van der Waals surface area contributed by atoms with Gasteiger partial charge in [0.05, 0.1) is 22.3 Å². The van der Waals surface area contributed by atoms with Crippen molar-refractivity contribution in [2.75, 3.05) is 13.2 Å². The van der Waals surface area contributed by atoms with Crippen molar-refractivity contribution in [2.45, 2.75) is 35.4 Å². The van der Waals surface area contributed by atoms with Crippen LogP contribution in [0.4, 0.5) is 0 Å². The Labute approximate surface area is 153 Å². The fourth-order valence-electron chi connectivity index (χ4n) is 3.40. The summed E-state index contributed by atoms with van der Waals surface area (Å²) in [4.78, 5) is 0.291. The Morgan fingerprint density at radius 1 is 1.20 bits per heavy atom. The molecule has 3 atom stereocenters. The van der Waals surface area contributed by atoms with Crippen molar-refractivity contribution in [3.63, 3.8) is 0 Å². The van der Waals surface area contributed by atoms with E-state index in [1.165, 1.54) is 0 Å². The summed E-state index contributed by atoms with van der Waals surface area (Å²) in [6, 6.07) is 14.1. The van der Waals surface area contributed by atoms with Gasteiger partial charge in [-0.15, -0.1) is 0 Å². The van der Waals surface area contributed by atoms with Crippen LogP contribution in [-0.4, -0.2) is 32.4 Å². The van der Waals surface area contributed by atoms with Gasteiger partial charge in [0, 0.05) is 17.5 Å². The van der Waals surface area contributed by atoms with Crippen molar-refractivity contribution in [3.05, 3.63) is 64.7 Å². The number of nitrogens with two attached hydrogens (primary N) is 1. The molecule has 0 unspecified atom stereocenters. The van der Waals surface area contributed by atoms with Crippen LogP contribution in [0.1, 0.15) is 24.0 Å². The lowest BCUT2D eigenvalue weighted by Crippen LogP contribution is -2.36. The Morgan fingerprint density at radius 2 is 1.88 bits per heavy atom. The standard InChI is InChI=1S/C19H22ClNO3S/c1-3-24-12-19(21)17(14-5-4-6-15(20)11-14)18(19)25(22,23)16-9-7-13(2)8-10-16/h4-11,17-18H,3,12,21H2,1-2H3/t17-,18+,19+/m1/s1. The molecule has 1 fully saturated rings. The van der Waals surface area contributed by atoms with Gasteiger partial charge in [0.25, 0.3) is 0 Å². The van der Waals surface area contributed by atoms with Crippen LogP contribution < -0.4 is 5.73 Å². The first-order valence-corrected chi connectivity index (χ1v) is 10.2. The van der Waals surface area contributed by atoms with E-state index in [1.54, 1.807) is 36.4 Å². The lowest BCUT2D eigenvalue weighted by Gasteiger charge is -2.12. The van der Waals surface area contributed by atoms with Crippen LogP contribution in [0, 0.1) is 6.92 Å². The Bertz CT molecular complexity index is 866. The maximum atomic E-state index is 13.2. The highest BCUT2D eigenvalue weighted by Crippen LogP contribution is 2.56. The van der Waals surface area contributed by atoms with E-state index in [1.807, 2.05) is 26.0 Å². The van der Waals surface area contributed by atoms with Gasteiger partial charge in [-0.05, 0) is 43.7 Å². The van der Waals surface area contributed by atoms with Gasteiger partial charge in [0.2, 0.25) is 0 Å². The van der Waals surface area contributed by atoms with E-state index in [2.05, 4.69) is 0 Å². The van der Waals surface area contributed by atoms with Crippen LogP contribution in [0.15, 0.2) is 53.4 Å². The van der Waals surface area contributed by atoms with Gasteiger partial charge in [-0.3, -0.25) is 0 Å². The zero-order valence-electron chi connectivity index (χ0n) is 14.3. The summed E-state index contributed by atoms with van der Waals surface area (Å²) in [6.07, 6.45) is 0. The fourth-order valence-corrected chi connectivity index (χ4v) is 5.89. The molecular formula is C19H22ClNO3S. The molecule has 1 aliphatic rings. The van der Waals surface area contributed by atoms with Gasteiger partial charge in [0.15, 0.2) is 9.84 Å². The molecule has 3 rings (SSSR count). The van der Waals surface area contributed by atoms with E-state index < -0.39 is 20.6 Å². The molecule has 0 radical (unpaired) electrons. The number of sulfone groups is 1. The molecule has 2 aromatic rings. The number of aryl methyl sites for hydroxylation is 1. The summed E-state index contributed by atoms with van der Waals surface area (Å²) >= 11 is 6.09. The monoisotopic (exact) mass is 379 g/mol. The molecule has 1 aliphatic carbocycles. The molecule has 4 nitrogen and oxygen atoms in total. The predicted octanol–water partition coefficient (Wildman–Crippen LogP) is 3.32. The van der Waals surface area contributed by atoms with Gasteiger partial charge >= 0.3 is 0 Å². The van der Waals surface area contributed by atoms with Crippen LogP contribution in [0.25, 0.3) is 0 Å². The van der Waals surface area contributed by atoms with E-state index in [9.17, 15) is 8.42 Å². The Balaban J connectivity index is 2.01. The van der Waals surface area contributed by atoms with Gasteiger partial charge in [-0.1, -0.05) is 41.4 Å². The van der Waals surface area contributed by atoms with Crippen LogP contribution in [-0.2, 0) is 14.6 Å². The maximum absolute atomic E-state index is 13.2. The van der Waals surface area contributed by atoms with E-state index in [0.717, 1.165) is 11.1 Å². The zero-order valence-corrected chi connectivity index (χ0v) is 15.8. The summed E-state index contributed by atoms with van der Waals surface area (Å²) in [6.45, 7) is 4.46. The van der Waals surface area contributed by atoms with Crippen LogP contribution in [0.2, 0.25) is 5.02 Å². The van der Waals surface area contributed by atoms with Crippen molar-refractivity contribution in [1.29, 1.82) is 0 Å². The normalized spacial score (nSPS) is 25.8. The van der Waals surface area contributed by atoms with Crippen molar-refractivity contribution in [2.24, 2.45) is 5.73 Å². The first-order valence-electron chi connectivity index (χ1n) is 8.23. The molecule has 0 heterocycles. The minimum atomic E-state index is -3.58. The lowest BCUT2D eigenvalue weighted by atomic mass is 10.1. The number of rotatable bonds is 6. The number of hydrogen-bond donors (Lipinski definition) is 1. The predicted molar refractivity (Wildman–Crippen MR) is 99.8 cm³/mol. The van der Waals surface area contributed by atoms with Gasteiger partial charge in [-0.25, -0.2) is 8.42 Å². The summed E-state index contributed by atoms with van der Waals surface area (Å²) < 4.78 is 31.9. The zero-order chi connectivity index (χ0) is 18.2. The summed E-state index contributed by atoms with van der Waals surface area (Å²) in [5.74, 6) is -0.343.